The van der Waals surface area contributed by atoms with E-state index < -0.39 is 30.4 Å². The van der Waals surface area contributed by atoms with Crippen molar-refractivity contribution in [2.24, 2.45) is 0 Å². The zero-order chi connectivity index (χ0) is 16.3. The van der Waals surface area contributed by atoms with Gasteiger partial charge in [-0.2, -0.15) is 8.78 Å². The molecule has 0 saturated carbocycles. The lowest BCUT2D eigenvalue weighted by molar-refractivity contribution is -0.134. The molecular formula is C14H12F2O5S. The predicted octanol–water partition coefficient (Wildman–Crippen LogP) is 2.15. The molecule has 0 saturated heterocycles. The zero-order valence-electron chi connectivity index (χ0n) is 11.3. The first-order valence-corrected chi connectivity index (χ1v) is 6.61. The van der Waals surface area contributed by atoms with E-state index in [2.05, 4.69) is 23.9 Å². The van der Waals surface area contributed by atoms with Crippen molar-refractivity contribution in [1.82, 2.24) is 0 Å². The van der Waals surface area contributed by atoms with Crippen LogP contribution in [-0.2, 0) is 20.7 Å². The number of carbonyl (C=O) groups excluding carboxylic acids is 2. The molecule has 1 heterocycles. The highest BCUT2D eigenvalue weighted by atomic mass is 32.1. The number of carbonyl (C=O) groups is 2. The third-order valence-electron chi connectivity index (χ3n) is 2.65. The molecule has 5 nitrogen and oxygen atoms in total. The van der Waals surface area contributed by atoms with Gasteiger partial charge in [0.15, 0.2) is 11.5 Å². The molecule has 8 heteroatoms. The number of hydrogen-bond donors (Lipinski definition) is 1. The fraction of sp³-hybridized carbons (Fsp3) is 0.286. The Bertz CT molecular complexity index is 624. The molecule has 1 aromatic rings. The second kappa shape index (κ2) is 6.45. The summed E-state index contributed by atoms with van der Waals surface area (Å²) in [5, 5.41) is -3.29. The highest BCUT2D eigenvalue weighted by Crippen LogP contribution is 2.36. The van der Waals surface area contributed by atoms with Gasteiger partial charge in [-0.3, -0.25) is 4.79 Å². The first-order valence-electron chi connectivity index (χ1n) is 6.17. The van der Waals surface area contributed by atoms with Gasteiger partial charge in [0, 0.05) is 5.56 Å². The van der Waals surface area contributed by atoms with Crippen molar-refractivity contribution in [2.45, 2.75) is 11.7 Å². The summed E-state index contributed by atoms with van der Waals surface area (Å²) in [4.78, 5) is 23.0. The van der Waals surface area contributed by atoms with Crippen molar-refractivity contribution in [3.05, 3.63) is 35.9 Å². The van der Waals surface area contributed by atoms with Crippen LogP contribution in [0.1, 0.15) is 5.56 Å². The molecule has 118 valence electrons. The van der Waals surface area contributed by atoms with E-state index in [4.69, 9.17) is 9.47 Å². The van der Waals surface area contributed by atoms with Crippen LogP contribution in [0.5, 0.6) is 11.5 Å². The minimum absolute atomic E-state index is 0.0639. The molecule has 1 aromatic carbocycles. The number of para-hydroxylation sites is 1. The van der Waals surface area contributed by atoms with Crippen molar-refractivity contribution in [1.29, 1.82) is 0 Å². The molecule has 0 fully saturated rings. The van der Waals surface area contributed by atoms with Gasteiger partial charge in [-0.05, 0) is 6.07 Å². The number of rotatable bonds is 6. The molecule has 0 radical (unpaired) electrons. The normalized spacial score (nSPS) is 13.5. The van der Waals surface area contributed by atoms with Gasteiger partial charge in [0.2, 0.25) is 0 Å². The molecule has 0 unspecified atom stereocenters. The fourth-order valence-corrected chi connectivity index (χ4v) is 1.82. The Hall–Kier alpha value is -1.93. The van der Waals surface area contributed by atoms with Crippen LogP contribution in [0.25, 0.3) is 0 Å². The SMILES string of the molecule is C=C(COCC(F)(F)S)C(=O)Oc1cccc2c1OC(=O)C2. The molecule has 0 aliphatic carbocycles. The number of halogens is 2. The van der Waals surface area contributed by atoms with E-state index >= 15 is 0 Å². The molecule has 0 aromatic heterocycles. The van der Waals surface area contributed by atoms with Crippen molar-refractivity contribution < 1.29 is 32.6 Å². The lowest BCUT2D eigenvalue weighted by Gasteiger charge is -2.12. The van der Waals surface area contributed by atoms with Gasteiger partial charge in [-0.1, -0.05) is 18.7 Å². The number of alkyl halides is 2. The number of esters is 2. The van der Waals surface area contributed by atoms with Gasteiger partial charge in [0.25, 0.3) is 0 Å². The Labute approximate surface area is 130 Å². The van der Waals surface area contributed by atoms with Crippen LogP contribution in [0, 0.1) is 0 Å². The van der Waals surface area contributed by atoms with Gasteiger partial charge >= 0.3 is 17.2 Å². The van der Waals surface area contributed by atoms with E-state index in [-0.39, 0.29) is 23.5 Å². The third kappa shape index (κ3) is 4.28. The summed E-state index contributed by atoms with van der Waals surface area (Å²) in [6, 6.07) is 4.72. The van der Waals surface area contributed by atoms with Crippen LogP contribution in [-0.4, -0.2) is 30.4 Å². The fourth-order valence-electron chi connectivity index (χ4n) is 1.73. The largest absolute Gasteiger partial charge is 0.422 e. The summed E-state index contributed by atoms with van der Waals surface area (Å²) in [7, 11) is 0. The second-order valence-corrected chi connectivity index (χ2v) is 5.20. The van der Waals surface area contributed by atoms with Gasteiger partial charge in [0.05, 0.1) is 18.6 Å². The predicted molar refractivity (Wildman–Crippen MR) is 75.3 cm³/mol. The number of fused-ring (bicyclic) bond motifs is 1. The highest BCUT2D eigenvalue weighted by Gasteiger charge is 2.26. The van der Waals surface area contributed by atoms with E-state index in [1.54, 1.807) is 12.1 Å². The molecule has 22 heavy (non-hydrogen) atoms. The lowest BCUT2D eigenvalue weighted by atomic mass is 10.1. The minimum atomic E-state index is -3.29. The van der Waals surface area contributed by atoms with Crippen LogP contribution in [0.2, 0.25) is 0 Å². The van der Waals surface area contributed by atoms with E-state index in [0.29, 0.717) is 5.56 Å². The molecule has 0 N–H and O–H groups in total. The molecule has 0 bridgehead atoms. The molecule has 0 amide bonds. The maximum absolute atomic E-state index is 12.5. The van der Waals surface area contributed by atoms with Crippen molar-refractivity contribution in [3.8, 4) is 11.5 Å². The summed E-state index contributed by atoms with van der Waals surface area (Å²) < 4.78 is 39.5. The molecule has 0 atom stereocenters. The van der Waals surface area contributed by atoms with Crippen LogP contribution in [0.4, 0.5) is 8.78 Å². The van der Waals surface area contributed by atoms with E-state index in [0.717, 1.165) is 0 Å². The van der Waals surface area contributed by atoms with E-state index in [9.17, 15) is 18.4 Å². The minimum Gasteiger partial charge on any atom is -0.422 e. The Balaban J connectivity index is 1.94. The topological polar surface area (TPSA) is 61.8 Å². The zero-order valence-corrected chi connectivity index (χ0v) is 12.2. The monoisotopic (exact) mass is 330 g/mol. The van der Waals surface area contributed by atoms with Crippen LogP contribution < -0.4 is 9.47 Å². The van der Waals surface area contributed by atoms with Crippen molar-refractivity contribution in [2.75, 3.05) is 13.2 Å². The maximum atomic E-state index is 12.5. The smallest absolute Gasteiger partial charge is 0.341 e. The number of ether oxygens (including phenoxy) is 3. The molecule has 0 spiro atoms. The summed E-state index contributed by atoms with van der Waals surface area (Å²) in [5.41, 5.74) is 0.450. The number of hydrogen-bond acceptors (Lipinski definition) is 6. The Morgan fingerprint density at radius 3 is 2.86 bits per heavy atom. The van der Waals surface area contributed by atoms with Gasteiger partial charge < -0.3 is 14.2 Å². The van der Waals surface area contributed by atoms with Crippen LogP contribution in [0.15, 0.2) is 30.4 Å². The van der Waals surface area contributed by atoms with Crippen LogP contribution in [0.3, 0.4) is 0 Å². The van der Waals surface area contributed by atoms with Gasteiger partial charge in [-0.15, -0.1) is 12.6 Å². The van der Waals surface area contributed by atoms with E-state index in [1.165, 1.54) is 6.07 Å². The van der Waals surface area contributed by atoms with Crippen molar-refractivity contribution >= 4 is 24.6 Å². The third-order valence-corrected chi connectivity index (χ3v) is 2.78. The molecule has 1 aliphatic rings. The molecular weight excluding hydrogens is 318 g/mol. The molecule has 2 rings (SSSR count). The standard InChI is InChI=1S/C14H12F2O5S/c1-8(6-19-7-14(15,16)22)13(18)20-10-4-2-3-9-5-11(17)21-12(9)10/h2-4,22H,1,5-7H2. The average Bonchev–Trinajstić information content (AvgIpc) is 2.78. The maximum Gasteiger partial charge on any atom is 0.341 e. The quantitative estimate of drug-likeness (QED) is 0.375. The summed E-state index contributed by atoms with van der Waals surface area (Å²) in [5.74, 6) is -1.07. The van der Waals surface area contributed by atoms with Crippen LogP contribution >= 0.6 is 12.6 Å². The average molecular weight is 330 g/mol. The Morgan fingerprint density at radius 1 is 1.45 bits per heavy atom. The number of thiol groups is 1. The summed E-state index contributed by atoms with van der Waals surface area (Å²) in [6.45, 7) is 2.02. The first-order chi connectivity index (χ1) is 10.3. The second-order valence-electron chi connectivity index (χ2n) is 4.55. The Kier molecular flexibility index (Phi) is 4.82. The highest BCUT2D eigenvalue weighted by molar-refractivity contribution is 7.81. The van der Waals surface area contributed by atoms with E-state index in [1.807, 2.05) is 0 Å². The lowest BCUT2D eigenvalue weighted by Crippen LogP contribution is -2.20. The summed E-state index contributed by atoms with van der Waals surface area (Å²) >= 11 is 2.99. The number of benzene rings is 1. The van der Waals surface area contributed by atoms with Crippen molar-refractivity contribution in [3.63, 3.8) is 0 Å². The Morgan fingerprint density at radius 2 is 2.18 bits per heavy atom. The van der Waals surface area contributed by atoms with Gasteiger partial charge in [-0.25, -0.2) is 4.79 Å². The first kappa shape index (κ1) is 16.4. The molecule has 1 aliphatic heterocycles. The summed E-state index contributed by atoms with van der Waals surface area (Å²) in [6.07, 6.45) is 0.0990. The van der Waals surface area contributed by atoms with Gasteiger partial charge in [0.1, 0.15) is 6.61 Å².